The number of nitrogens with zero attached hydrogens (tertiary/aromatic N) is 2. The van der Waals surface area contributed by atoms with Crippen LogP contribution in [0.4, 0.5) is 11.4 Å². The summed E-state index contributed by atoms with van der Waals surface area (Å²) in [5.74, 6) is -0.261. The zero-order chi connectivity index (χ0) is 19.0. The number of hydrogen-bond acceptors (Lipinski definition) is 4. The van der Waals surface area contributed by atoms with Crippen LogP contribution in [0, 0.1) is 0 Å². The van der Waals surface area contributed by atoms with Gasteiger partial charge in [0.2, 0.25) is 0 Å². The van der Waals surface area contributed by atoms with Crippen molar-refractivity contribution in [2.45, 2.75) is 6.42 Å². The molecule has 0 spiro atoms. The van der Waals surface area contributed by atoms with E-state index in [-0.39, 0.29) is 5.91 Å². The van der Waals surface area contributed by atoms with Crippen LogP contribution in [0.25, 0.3) is 11.0 Å². The average Bonchev–Trinajstić information content (AvgIpc) is 3.12. The number of hydrogen-bond donors (Lipinski definition) is 1. The van der Waals surface area contributed by atoms with Gasteiger partial charge in [0.05, 0.1) is 12.0 Å². The molecular weight excluding hydrogens is 366 g/mol. The zero-order valence-corrected chi connectivity index (χ0v) is 15.6. The van der Waals surface area contributed by atoms with Gasteiger partial charge in [0.1, 0.15) is 5.58 Å². The Bertz CT molecular complexity index is 1090. The summed E-state index contributed by atoms with van der Waals surface area (Å²) in [6, 6.07) is 13.8. The van der Waals surface area contributed by atoms with Crippen LogP contribution in [0.2, 0.25) is 0 Å². The zero-order valence-electron chi connectivity index (χ0n) is 14.8. The molecule has 1 N–H and O–H groups in total. The largest absolute Gasteiger partial charge is 0.464 e. The highest BCUT2D eigenvalue weighted by Gasteiger charge is 2.30. The summed E-state index contributed by atoms with van der Waals surface area (Å²) in [6.45, 7) is 0.948. The van der Waals surface area contributed by atoms with Crippen LogP contribution in [0.1, 0.15) is 16.8 Å². The molecule has 2 heterocycles. The molecule has 8 heteroatoms. The van der Waals surface area contributed by atoms with E-state index in [0.717, 1.165) is 17.4 Å². The molecule has 1 amide bonds. The minimum absolute atomic E-state index is 0.261. The molecule has 0 saturated carbocycles. The van der Waals surface area contributed by atoms with Crippen molar-refractivity contribution in [3.63, 3.8) is 0 Å². The fraction of sp³-hybridized carbons (Fsp3) is 0.211. The van der Waals surface area contributed by atoms with E-state index in [2.05, 4.69) is 5.32 Å². The molecule has 27 heavy (non-hydrogen) atoms. The third kappa shape index (κ3) is 3.29. The first-order chi connectivity index (χ1) is 12.9. The van der Waals surface area contributed by atoms with Crippen molar-refractivity contribution < 1.29 is 17.6 Å². The van der Waals surface area contributed by atoms with E-state index in [0.29, 0.717) is 30.0 Å². The highest BCUT2D eigenvalue weighted by Crippen LogP contribution is 2.25. The lowest BCUT2D eigenvalue weighted by Gasteiger charge is -2.33. The number of furan rings is 1. The fourth-order valence-electron chi connectivity index (χ4n) is 3.13. The van der Waals surface area contributed by atoms with Crippen LogP contribution in [-0.2, 0) is 10.2 Å². The molecular formula is C19H19N3O4S. The molecule has 1 aromatic heterocycles. The molecule has 0 aliphatic carbocycles. The van der Waals surface area contributed by atoms with Gasteiger partial charge >= 0.3 is 10.2 Å². The number of rotatable bonds is 3. The smallest absolute Gasteiger partial charge is 0.303 e. The number of carbonyl (C=O) groups is 1. The first kappa shape index (κ1) is 17.6. The molecule has 1 fully saturated rings. The standard InChI is InChI=1S/C19H19N3O4S/c1-21-10-2-11-22(27(21,24)25)17-6-3-14(4-7-17)19(23)20-16-5-8-18-15(13-16)9-12-26-18/h3-9,12-13H,2,10-11H2,1H3,(H,20,23). The average molecular weight is 385 g/mol. The van der Waals surface area contributed by atoms with E-state index < -0.39 is 10.2 Å². The first-order valence-corrected chi connectivity index (χ1v) is 9.97. The van der Waals surface area contributed by atoms with Crippen molar-refractivity contribution >= 4 is 38.5 Å². The molecule has 4 rings (SSSR count). The van der Waals surface area contributed by atoms with Crippen LogP contribution in [-0.4, -0.2) is 38.8 Å². The molecule has 140 valence electrons. The molecule has 2 aromatic carbocycles. The Hall–Kier alpha value is -2.84. The second-order valence-electron chi connectivity index (χ2n) is 6.43. The third-order valence-corrected chi connectivity index (χ3v) is 6.56. The highest BCUT2D eigenvalue weighted by molar-refractivity contribution is 7.90. The van der Waals surface area contributed by atoms with Gasteiger partial charge in [-0.3, -0.25) is 9.10 Å². The second-order valence-corrected chi connectivity index (χ2v) is 8.39. The van der Waals surface area contributed by atoms with Gasteiger partial charge in [0.25, 0.3) is 5.91 Å². The van der Waals surface area contributed by atoms with Crippen molar-refractivity contribution in [2.75, 3.05) is 29.8 Å². The van der Waals surface area contributed by atoms with E-state index in [1.807, 2.05) is 12.1 Å². The van der Waals surface area contributed by atoms with Crippen LogP contribution in [0.3, 0.4) is 0 Å². The number of fused-ring (bicyclic) bond motifs is 1. The van der Waals surface area contributed by atoms with Crippen molar-refractivity contribution in [2.24, 2.45) is 0 Å². The van der Waals surface area contributed by atoms with Gasteiger partial charge in [-0.15, -0.1) is 0 Å². The highest BCUT2D eigenvalue weighted by atomic mass is 32.2. The minimum Gasteiger partial charge on any atom is -0.464 e. The second kappa shape index (κ2) is 6.71. The maximum Gasteiger partial charge on any atom is 0.303 e. The van der Waals surface area contributed by atoms with Crippen LogP contribution in [0.15, 0.2) is 59.2 Å². The maximum atomic E-state index is 12.5. The number of anilines is 2. The normalized spacial score (nSPS) is 17.1. The van der Waals surface area contributed by atoms with Gasteiger partial charge in [-0.25, -0.2) is 0 Å². The SMILES string of the molecule is CN1CCCN(c2ccc(C(=O)Nc3ccc4occc4c3)cc2)S1(=O)=O. The van der Waals surface area contributed by atoms with E-state index in [9.17, 15) is 13.2 Å². The third-order valence-electron chi connectivity index (χ3n) is 4.63. The summed E-state index contributed by atoms with van der Waals surface area (Å²) in [5, 5.41) is 3.75. The number of nitrogens with one attached hydrogen (secondary N) is 1. The van der Waals surface area contributed by atoms with Crippen LogP contribution < -0.4 is 9.62 Å². The molecule has 1 saturated heterocycles. The van der Waals surface area contributed by atoms with Crippen molar-refractivity contribution in [3.8, 4) is 0 Å². The van der Waals surface area contributed by atoms with E-state index in [1.165, 1.54) is 8.61 Å². The van der Waals surface area contributed by atoms with Gasteiger partial charge in [-0.05, 0) is 55.0 Å². The van der Waals surface area contributed by atoms with E-state index in [4.69, 9.17) is 4.42 Å². The maximum absolute atomic E-state index is 12.5. The van der Waals surface area contributed by atoms with E-state index in [1.54, 1.807) is 49.7 Å². The topological polar surface area (TPSA) is 82.9 Å². The van der Waals surface area contributed by atoms with Crippen LogP contribution in [0.5, 0.6) is 0 Å². The Morgan fingerprint density at radius 2 is 1.85 bits per heavy atom. The van der Waals surface area contributed by atoms with Crippen molar-refractivity contribution in [3.05, 3.63) is 60.4 Å². The molecule has 3 aromatic rings. The summed E-state index contributed by atoms with van der Waals surface area (Å²) < 4.78 is 32.8. The first-order valence-electron chi connectivity index (χ1n) is 8.58. The molecule has 0 atom stereocenters. The number of carbonyl (C=O) groups excluding carboxylic acids is 1. The minimum atomic E-state index is -3.49. The van der Waals surface area contributed by atoms with Gasteiger partial charge in [-0.1, -0.05) is 0 Å². The molecule has 1 aliphatic heterocycles. The fourth-order valence-corrected chi connectivity index (χ4v) is 4.57. The van der Waals surface area contributed by atoms with E-state index >= 15 is 0 Å². The Balaban J connectivity index is 1.52. The summed E-state index contributed by atoms with van der Waals surface area (Å²) in [7, 11) is -1.93. The Morgan fingerprint density at radius 1 is 1.07 bits per heavy atom. The molecule has 0 unspecified atom stereocenters. The van der Waals surface area contributed by atoms with Gasteiger partial charge < -0.3 is 9.73 Å². The van der Waals surface area contributed by atoms with Gasteiger partial charge in [0, 0.05) is 36.8 Å². The summed E-state index contributed by atoms with van der Waals surface area (Å²) in [5.41, 5.74) is 2.43. The Kier molecular flexibility index (Phi) is 4.37. The molecule has 7 nitrogen and oxygen atoms in total. The lowest BCUT2D eigenvalue weighted by molar-refractivity contribution is 0.102. The molecule has 0 bridgehead atoms. The molecule has 0 radical (unpaired) electrons. The predicted molar refractivity (Wildman–Crippen MR) is 104 cm³/mol. The molecule has 1 aliphatic rings. The van der Waals surface area contributed by atoms with Gasteiger partial charge in [0.15, 0.2) is 0 Å². The van der Waals surface area contributed by atoms with Crippen LogP contribution >= 0.6 is 0 Å². The monoisotopic (exact) mass is 385 g/mol. The quantitative estimate of drug-likeness (QED) is 0.751. The number of benzene rings is 2. The lowest BCUT2D eigenvalue weighted by atomic mass is 10.1. The Morgan fingerprint density at radius 3 is 2.63 bits per heavy atom. The number of amides is 1. The lowest BCUT2D eigenvalue weighted by Crippen LogP contribution is -2.47. The predicted octanol–water partition coefficient (Wildman–Crippen LogP) is 3.07. The summed E-state index contributed by atoms with van der Waals surface area (Å²) in [4.78, 5) is 12.5. The van der Waals surface area contributed by atoms with Crippen molar-refractivity contribution in [1.29, 1.82) is 0 Å². The van der Waals surface area contributed by atoms with Gasteiger partial charge in [-0.2, -0.15) is 12.7 Å². The summed E-state index contributed by atoms with van der Waals surface area (Å²) >= 11 is 0. The van der Waals surface area contributed by atoms with Crippen molar-refractivity contribution in [1.82, 2.24) is 4.31 Å². The Labute approximate surface area is 157 Å². The summed E-state index contributed by atoms with van der Waals surface area (Å²) in [6.07, 6.45) is 2.36.